The molecule has 0 aliphatic heterocycles. The molecule has 1 aliphatic carbocycles. The molecule has 1 heterocycles. The van der Waals surface area contributed by atoms with Gasteiger partial charge in [-0.05, 0) is 50.5 Å². The van der Waals surface area contributed by atoms with Crippen molar-refractivity contribution in [1.82, 2.24) is 5.32 Å². The topological polar surface area (TPSA) is 122 Å². The third-order valence-corrected chi connectivity index (χ3v) is 7.02. The van der Waals surface area contributed by atoms with Crippen molar-refractivity contribution in [3.63, 3.8) is 0 Å². The Hall–Kier alpha value is -2.78. The van der Waals surface area contributed by atoms with E-state index in [1.807, 2.05) is 12.1 Å². The molecule has 1 aromatic carbocycles. The lowest BCUT2D eigenvalue weighted by Crippen LogP contribution is -2.43. The van der Waals surface area contributed by atoms with Crippen LogP contribution in [0.25, 0.3) is 0 Å². The number of benzene rings is 1. The van der Waals surface area contributed by atoms with Crippen LogP contribution in [0.1, 0.15) is 54.0 Å². The highest BCUT2D eigenvalue weighted by Crippen LogP contribution is 2.44. The van der Waals surface area contributed by atoms with Crippen molar-refractivity contribution in [1.29, 1.82) is 0 Å². The van der Waals surface area contributed by atoms with Crippen molar-refractivity contribution >= 4 is 34.5 Å². The Kier molecular flexibility index (Phi) is 6.52. The first-order valence-corrected chi connectivity index (χ1v) is 10.7. The van der Waals surface area contributed by atoms with E-state index >= 15 is 0 Å². The fraction of sp³-hybridized carbons (Fsp3) is 0.429. The van der Waals surface area contributed by atoms with E-state index in [1.165, 1.54) is 23.5 Å². The summed E-state index contributed by atoms with van der Waals surface area (Å²) in [6.45, 7) is 3.72. The zero-order chi connectivity index (χ0) is 21.9. The second kappa shape index (κ2) is 8.93. The number of aliphatic hydroxyl groups is 1. The maximum atomic E-state index is 12.4. The van der Waals surface area contributed by atoms with Gasteiger partial charge in [0.05, 0.1) is 11.0 Å². The van der Waals surface area contributed by atoms with Crippen LogP contribution in [0.15, 0.2) is 30.3 Å². The molecule has 3 N–H and O–H groups in total. The largest absolute Gasteiger partial charge is 0.388 e. The summed E-state index contributed by atoms with van der Waals surface area (Å²) in [5, 5.41) is 26.1. The fourth-order valence-corrected chi connectivity index (χ4v) is 5.02. The van der Waals surface area contributed by atoms with E-state index < -0.39 is 22.8 Å². The maximum Gasteiger partial charge on any atom is 0.313 e. The van der Waals surface area contributed by atoms with E-state index in [1.54, 1.807) is 19.9 Å². The molecule has 9 heteroatoms. The zero-order valence-corrected chi connectivity index (χ0v) is 17.8. The standard InChI is InChI=1S/C21H25N3O5S/c1-13-5-6-15(16(11-13)24(28)29)23-20(27)19(26)22-12-21(9-3-4-10-21)18-8-7-17(30-18)14(2)25/h5-8,11,14,25H,3-4,9-10,12H2,1-2H3,(H,22,26)(H,23,27). The number of nitro groups is 1. The number of aryl methyl sites for hydroxylation is 1. The summed E-state index contributed by atoms with van der Waals surface area (Å²) in [5.74, 6) is -1.77. The van der Waals surface area contributed by atoms with Gasteiger partial charge in [-0.3, -0.25) is 19.7 Å². The van der Waals surface area contributed by atoms with E-state index in [4.69, 9.17) is 0 Å². The molecule has 0 saturated heterocycles. The minimum atomic E-state index is -0.939. The molecular formula is C21H25N3O5S. The molecule has 30 heavy (non-hydrogen) atoms. The molecule has 0 bridgehead atoms. The van der Waals surface area contributed by atoms with Crippen LogP contribution >= 0.6 is 11.3 Å². The Balaban J connectivity index is 1.69. The number of thiophene rings is 1. The van der Waals surface area contributed by atoms with Gasteiger partial charge in [0, 0.05) is 27.8 Å². The van der Waals surface area contributed by atoms with Crippen LogP contribution in [0.4, 0.5) is 11.4 Å². The average Bonchev–Trinajstić information content (AvgIpc) is 3.37. The van der Waals surface area contributed by atoms with Gasteiger partial charge in [-0.1, -0.05) is 18.9 Å². The van der Waals surface area contributed by atoms with Gasteiger partial charge in [0.25, 0.3) is 5.69 Å². The third kappa shape index (κ3) is 4.68. The first kappa shape index (κ1) is 21.9. The minimum Gasteiger partial charge on any atom is -0.388 e. The number of aliphatic hydroxyl groups excluding tert-OH is 1. The smallest absolute Gasteiger partial charge is 0.313 e. The quantitative estimate of drug-likeness (QED) is 0.367. The molecule has 1 saturated carbocycles. The molecule has 1 aliphatic rings. The predicted octanol–water partition coefficient (Wildman–Crippen LogP) is 3.58. The van der Waals surface area contributed by atoms with Crippen LogP contribution in [-0.4, -0.2) is 28.4 Å². The van der Waals surface area contributed by atoms with Crippen LogP contribution in [0.3, 0.4) is 0 Å². The van der Waals surface area contributed by atoms with Gasteiger partial charge in [-0.2, -0.15) is 0 Å². The lowest BCUT2D eigenvalue weighted by molar-refractivity contribution is -0.384. The molecule has 8 nitrogen and oxygen atoms in total. The highest BCUT2D eigenvalue weighted by Gasteiger charge is 2.38. The summed E-state index contributed by atoms with van der Waals surface area (Å²) in [7, 11) is 0. The van der Waals surface area contributed by atoms with E-state index in [-0.39, 0.29) is 16.8 Å². The van der Waals surface area contributed by atoms with Crippen molar-refractivity contribution in [2.45, 2.75) is 51.0 Å². The predicted molar refractivity (Wildman–Crippen MR) is 115 cm³/mol. The summed E-state index contributed by atoms with van der Waals surface area (Å²) in [6.07, 6.45) is 3.28. The summed E-state index contributed by atoms with van der Waals surface area (Å²) in [6, 6.07) is 8.28. The van der Waals surface area contributed by atoms with Crippen LogP contribution in [0.5, 0.6) is 0 Å². The van der Waals surface area contributed by atoms with E-state index in [9.17, 15) is 24.8 Å². The number of carbonyl (C=O) groups excluding carboxylic acids is 2. The van der Waals surface area contributed by atoms with Crippen LogP contribution in [0, 0.1) is 17.0 Å². The van der Waals surface area contributed by atoms with Crippen LogP contribution in [0.2, 0.25) is 0 Å². The van der Waals surface area contributed by atoms with Crippen molar-refractivity contribution in [3.8, 4) is 0 Å². The first-order chi connectivity index (χ1) is 14.2. The van der Waals surface area contributed by atoms with Crippen molar-refractivity contribution in [2.75, 3.05) is 11.9 Å². The number of anilines is 1. The van der Waals surface area contributed by atoms with Crippen molar-refractivity contribution in [2.24, 2.45) is 0 Å². The molecule has 3 rings (SSSR count). The number of hydrogen-bond acceptors (Lipinski definition) is 6. The third-order valence-electron chi connectivity index (χ3n) is 5.51. The van der Waals surface area contributed by atoms with Gasteiger partial charge < -0.3 is 15.7 Å². The summed E-state index contributed by atoms with van der Waals surface area (Å²) < 4.78 is 0. The van der Waals surface area contributed by atoms with E-state index in [2.05, 4.69) is 10.6 Å². The Labute approximate surface area is 178 Å². The molecule has 0 spiro atoms. The number of nitrogens with one attached hydrogen (secondary N) is 2. The minimum absolute atomic E-state index is 0.0128. The fourth-order valence-electron chi connectivity index (χ4n) is 3.83. The molecule has 160 valence electrons. The Morgan fingerprint density at radius 3 is 2.53 bits per heavy atom. The molecule has 2 aromatic rings. The van der Waals surface area contributed by atoms with Gasteiger partial charge in [0.2, 0.25) is 0 Å². The van der Waals surface area contributed by atoms with Crippen molar-refractivity contribution < 1.29 is 19.6 Å². The average molecular weight is 432 g/mol. The van der Waals surface area contributed by atoms with Crippen molar-refractivity contribution in [3.05, 3.63) is 55.8 Å². The molecule has 1 unspecified atom stereocenters. The molecule has 1 aromatic heterocycles. The second-order valence-electron chi connectivity index (χ2n) is 7.78. The molecule has 2 amide bonds. The SMILES string of the molecule is Cc1ccc(NC(=O)C(=O)NCC2(c3ccc(C(C)O)s3)CCCC2)c([N+](=O)[O-])c1. The number of nitro benzene ring substituents is 1. The molecule has 0 radical (unpaired) electrons. The number of carbonyl (C=O) groups is 2. The van der Waals surface area contributed by atoms with E-state index in [0.29, 0.717) is 12.1 Å². The number of amides is 2. The highest BCUT2D eigenvalue weighted by atomic mass is 32.1. The summed E-state index contributed by atoms with van der Waals surface area (Å²) in [5.41, 5.74) is 0.150. The van der Waals surface area contributed by atoms with Gasteiger partial charge in [0.15, 0.2) is 0 Å². The van der Waals surface area contributed by atoms with Gasteiger partial charge in [-0.15, -0.1) is 11.3 Å². The molecular weight excluding hydrogens is 406 g/mol. The Morgan fingerprint density at radius 1 is 1.23 bits per heavy atom. The van der Waals surface area contributed by atoms with Gasteiger partial charge in [0.1, 0.15) is 5.69 Å². The highest BCUT2D eigenvalue weighted by molar-refractivity contribution is 7.12. The van der Waals surface area contributed by atoms with Gasteiger partial charge in [-0.25, -0.2) is 0 Å². The van der Waals surface area contributed by atoms with E-state index in [0.717, 1.165) is 35.4 Å². The zero-order valence-electron chi connectivity index (χ0n) is 16.9. The second-order valence-corrected chi connectivity index (χ2v) is 8.90. The monoisotopic (exact) mass is 431 g/mol. The summed E-state index contributed by atoms with van der Waals surface area (Å²) >= 11 is 1.53. The first-order valence-electron chi connectivity index (χ1n) is 9.84. The molecule has 1 atom stereocenters. The number of nitrogens with zero attached hydrogens (tertiary/aromatic N) is 1. The lowest BCUT2D eigenvalue weighted by atomic mass is 9.84. The maximum absolute atomic E-state index is 12.4. The number of hydrogen-bond donors (Lipinski definition) is 3. The Morgan fingerprint density at radius 2 is 1.93 bits per heavy atom. The number of rotatable bonds is 6. The van der Waals surface area contributed by atoms with Gasteiger partial charge >= 0.3 is 11.8 Å². The van der Waals surface area contributed by atoms with Crippen LogP contribution in [-0.2, 0) is 15.0 Å². The Bertz CT molecular complexity index is 963. The normalized spacial score (nSPS) is 16.1. The summed E-state index contributed by atoms with van der Waals surface area (Å²) in [4.78, 5) is 37.3. The van der Waals surface area contributed by atoms with Crippen LogP contribution < -0.4 is 10.6 Å². The lowest BCUT2D eigenvalue weighted by Gasteiger charge is -2.28. The molecule has 1 fully saturated rings.